The van der Waals surface area contributed by atoms with Crippen LogP contribution in [0.5, 0.6) is 0 Å². The number of nitrogens with two attached hydrogens (primary N) is 1. The van der Waals surface area contributed by atoms with Crippen molar-refractivity contribution in [1.82, 2.24) is 9.78 Å². The molecule has 4 aromatic rings. The van der Waals surface area contributed by atoms with Gasteiger partial charge in [-0.25, -0.2) is 0 Å². The number of para-hydroxylation sites is 1. The van der Waals surface area contributed by atoms with Crippen molar-refractivity contribution < 1.29 is 9.59 Å². The molecule has 0 saturated heterocycles. The fourth-order valence-corrected chi connectivity index (χ4v) is 4.16. The van der Waals surface area contributed by atoms with E-state index in [9.17, 15) is 9.59 Å². The monoisotopic (exact) mass is 468 g/mol. The molecule has 0 fully saturated rings. The number of thioether (sulfide) groups is 1. The Labute approximate surface area is 202 Å². The standard InChI is InChI=1S/C27H24N4O2S/c28-25(32)19-34-24-14-8-7-13-23(24)29-26(33)16-15-22-18-31(17-20-9-3-1-4-10-20)30-27(22)21-11-5-2-6-12-21/h1-16,18H,17,19H2,(H2,28,32)(H,29,33)/b16-15+. The number of hydrogen-bond acceptors (Lipinski definition) is 4. The zero-order valence-electron chi connectivity index (χ0n) is 18.4. The molecule has 0 aliphatic carbocycles. The molecule has 3 aromatic carbocycles. The third kappa shape index (κ3) is 6.24. The van der Waals surface area contributed by atoms with E-state index < -0.39 is 5.91 Å². The molecular formula is C27H24N4O2S. The number of nitrogens with zero attached hydrogens (tertiary/aromatic N) is 2. The van der Waals surface area contributed by atoms with Crippen LogP contribution >= 0.6 is 11.8 Å². The van der Waals surface area contributed by atoms with Gasteiger partial charge >= 0.3 is 0 Å². The van der Waals surface area contributed by atoms with Gasteiger partial charge in [-0.2, -0.15) is 5.10 Å². The summed E-state index contributed by atoms with van der Waals surface area (Å²) in [6.45, 7) is 0.630. The van der Waals surface area contributed by atoms with Gasteiger partial charge in [-0.1, -0.05) is 72.8 Å². The lowest BCUT2D eigenvalue weighted by Gasteiger charge is -2.08. The van der Waals surface area contributed by atoms with E-state index in [4.69, 9.17) is 10.8 Å². The Kier molecular flexibility index (Phi) is 7.57. The number of rotatable bonds is 9. The summed E-state index contributed by atoms with van der Waals surface area (Å²) in [5.41, 5.74) is 9.64. The highest BCUT2D eigenvalue weighted by atomic mass is 32.2. The van der Waals surface area contributed by atoms with Crippen LogP contribution < -0.4 is 11.1 Å². The van der Waals surface area contributed by atoms with Gasteiger partial charge in [-0.3, -0.25) is 14.3 Å². The predicted octanol–water partition coefficient (Wildman–Crippen LogP) is 4.83. The van der Waals surface area contributed by atoms with E-state index in [0.29, 0.717) is 12.2 Å². The largest absolute Gasteiger partial charge is 0.369 e. The van der Waals surface area contributed by atoms with Crippen molar-refractivity contribution >= 4 is 35.3 Å². The van der Waals surface area contributed by atoms with Crippen LogP contribution in [0.15, 0.2) is 102 Å². The minimum atomic E-state index is -0.410. The lowest BCUT2D eigenvalue weighted by molar-refractivity contribution is -0.115. The highest BCUT2D eigenvalue weighted by Crippen LogP contribution is 2.27. The van der Waals surface area contributed by atoms with Gasteiger partial charge in [0, 0.05) is 28.3 Å². The molecule has 0 atom stereocenters. The molecule has 0 bridgehead atoms. The number of hydrogen-bond donors (Lipinski definition) is 2. The number of aromatic nitrogens is 2. The van der Waals surface area contributed by atoms with E-state index in [2.05, 4.69) is 17.4 Å². The van der Waals surface area contributed by atoms with Crippen molar-refractivity contribution in [2.45, 2.75) is 11.4 Å². The Balaban J connectivity index is 1.55. The van der Waals surface area contributed by atoms with E-state index in [-0.39, 0.29) is 11.7 Å². The van der Waals surface area contributed by atoms with Crippen LogP contribution in [0.1, 0.15) is 11.1 Å². The van der Waals surface area contributed by atoms with E-state index in [1.54, 1.807) is 12.1 Å². The fourth-order valence-electron chi connectivity index (χ4n) is 3.42. The van der Waals surface area contributed by atoms with Crippen LogP contribution in [0.3, 0.4) is 0 Å². The molecule has 0 aliphatic heterocycles. The van der Waals surface area contributed by atoms with E-state index in [0.717, 1.165) is 27.3 Å². The molecule has 1 heterocycles. The number of anilines is 1. The molecule has 3 N–H and O–H groups in total. The van der Waals surface area contributed by atoms with Gasteiger partial charge in [0.25, 0.3) is 0 Å². The topological polar surface area (TPSA) is 90.0 Å². The van der Waals surface area contributed by atoms with Crippen molar-refractivity contribution in [3.8, 4) is 11.3 Å². The highest BCUT2D eigenvalue weighted by molar-refractivity contribution is 8.00. The molecule has 34 heavy (non-hydrogen) atoms. The minimum absolute atomic E-state index is 0.143. The molecule has 0 aliphatic rings. The number of primary amides is 1. The third-order valence-corrected chi connectivity index (χ3v) is 6.05. The normalized spacial score (nSPS) is 10.9. The molecule has 1 aromatic heterocycles. The maximum Gasteiger partial charge on any atom is 0.248 e. The summed E-state index contributed by atoms with van der Waals surface area (Å²) < 4.78 is 1.88. The summed E-state index contributed by atoms with van der Waals surface area (Å²) in [5.74, 6) is -0.544. The van der Waals surface area contributed by atoms with Gasteiger partial charge in [0.1, 0.15) is 0 Å². The van der Waals surface area contributed by atoms with Crippen LogP contribution in [0.25, 0.3) is 17.3 Å². The first-order valence-corrected chi connectivity index (χ1v) is 11.7. The molecule has 4 rings (SSSR count). The molecule has 0 saturated carbocycles. The second-order valence-corrected chi connectivity index (χ2v) is 8.57. The summed E-state index contributed by atoms with van der Waals surface area (Å²) in [4.78, 5) is 24.6. The SMILES string of the molecule is NC(=O)CSc1ccccc1NC(=O)/C=C/c1cn(Cc2ccccc2)nc1-c1ccccc1. The Morgan fingerprint density at radius 2 is 1.62 bits per heavy atom. The fraction of sp³-hybridized carbons (Fsp3) is 0.0741. The minimum Gasteiger partial charge on any atom is -0.369 e. The number of amides is 2. The second kappa shape index (κ2) is 11.2. The molecular weight excluding hydrogens is 444 g/mol. The molecule has 0 radical (unpaired) electrons. The number of carbonyl (C=O) groups excluding carboxylic acids is 2. The summed E-state index contributed by atoms with van der Waals surface area (Å²) in [6, 6.07) is 27.3. The maximum atomic E-state index is 12.7. The Morgan fingerprint density at radius 1 is 0.941 bits per heavy atom. The first-order chi connectivity index (χ1) is 16.6. The predicted molar refractivity (Wildman–Crippen MR) is 137 cm³/mol. The van der Waals surface area contributed by atoms with Crippen LogP contribution in [0.2, 0.25) is 0 Å². The van der Waals surface area contributed by atoms with E-state index in [1.165, 1.54) is 17.8 Å². The number of carbonyl (C=O) groups is 2. The van der Waals surface area contributed by atoms with E-state index in [1.807, 2.05) is 77.6 Å². The maximum absolute atomic E-state index is 12.7. The molecule has 170 valence electrons. The Bertz CT molecular complexity index is 1300. The van der Waals surface area contributed by atoms with Gasteiger partial charge in [-0.05, 0) is 23.8 Å². The molecule has 7 heteroatoms. The summed E-state index contributed by atoms with van der Waals surface area (Å²) in [5, 5.41) is 7.66. The summed E-state index contributed by atoms with van der Waals surface area (Å²) in [6.07, 6.45) is 5.20. The summed E-state index contributed by atoms with van der Waals surface area (Å²) >= 11 is 1.29. The molecule has 6 nitrogen and oxygen atoms in total. The van der Waals surface area contributed by atoms with Gasteiger partial charge in [-0.15, -0.1) is 11.8 Å². The zero-order valence-corrected chi connectivity index (χ0v) is 19.2. The number of nitrogens with one attached hydrogen (secondary N) is 1. The quantitative estimate of drug-likeness (QED) is 0.272. The van der Waals surface area contributed by atoms with Crippen LogP contribution in [0, 0.1) is 0 Å². The van der Waals surface area contributed by atoms with Crippen molar-refractivity contribution in [1.29, 1.82) is 0 Å². The lowest BCUT2D eigenvalue weighted by Crippen LogP contribution is -2.13. The van der Waals surface area contributed by atoms with Crippen LogP contribution in [0.4, 0.5) is 5.69 Å². The first kappa shape index (κ1) is 23.1. The smallest absolute Gasteiger partial charge is 0.248 e. The van der Waals surface area contributed by atoms with Crippen molar-refractivity contribution in [2.24, 2.45) is 5.73 Å². The van der Waals surface area contributed by atoms with E-state index >= 15 is 0 Å². The third-order valence-electron chi connectivity index (χ3n) is 4.95. The van der Waals surface area contributed by atoms with Crippen molar-refractivity contribution in [2.75, 3.05) is 11.1 Å². The first-order valence-electron chi connectivity index (χ1n) is 10.7. The van der Waals surface area contributed by atoms with Gasteiger partial charge < -0.3 is 11.1 Å². The zero-order chi connectivity index (χ0) is 23.8. The molecule has 0 spiro atoms. The van der Waals surface area contributed by atoms with Crippen molar-refractivity contribution in [3.63, 3.8) is 0 Å². The van der Waals surface area contributed by atoms with Gasteiger partial charge in [0.2, 0.25) is 11.8 Å². The molecule has 0 unspecified atom stereocenters. The molecule has 2 amide bonds. The van der Waals surface area contributed by atoms with Gasteiger partial charge in [0.15, 0.2) is 0 Å². The average Bonchev–Trinajstić information content (AvgIpc) is 3.26. The summed E-state index contributed by atoms with van der Waals surface area (Å²) in [7, 11) is 0. The number of benzene rings is 3. The average molecular weight is 469 g/mol. The Hall–Kier alpha value is -4.10. The van der Waals surface area contributed by atoms with Crippen LogP contribution in [-0.4, -0.2) is 27.3 Å². The second-order valence-electron chi connectivity index (χ2n) is 7.56. The highest BCUT2D eigenvalue weighted by Gasteiger charge is 2.11. The van der Waals surface area contributed by atoms with Crippen molar-refractivity contribution in [3.05, 3.63) is 108 Å². The lowest BCUT2D eigenvalue weighted by atomic mass is 10.1. The van der Waals surface area contributed by atoms with Gasteiger partial charge in [0.05, 0.1) is 23.7 Å². The Morgan fingerprint density at radius 3 is 2.35 bits per heavy atom. The van der Waals surface area contributed by atoms with Crippen LogP contribution in [-0.2, 0) is 16.1 Å².